The van der Waals surface area contributed by atoms with Gasteiger partial charge >= 0.3 is 7.48 Å². The molecule has 0 saturated carbocycles. The highest BCUT2D eigenvalue weighted by Crippen LogP contribution is 2.21. The zero-order valence-corrected chi connectivity index (χ0v) is 7.67. The van der Waals surface area contributed by atoms with Crippen molar-refractivity contribution in [3.05, 3.63) is 29.8 Å². The molecule has 1 heterocycles. The molecule has 1 unspecified atom stereocenters. The van der Waals surface area contributed by atoms with E-state index in [1.807, 2.05) is 0 Å². The first-order valence-electron chi connectivity index (χ1n) is 3.67. The summed E-state index contributed by atoms with van der Waals surface area (Å²) in [6.07, 6.45) is 0.270. The van der Waals surface area contributed by atoms with E-state index in [0.717, 1.165) is 12.8 Å². The lowest BCUT2D eigenvalue weighted by molar-refractivity contribution is 0.264. The highest BCUT2D eigenvalue weighted by molar-refractivity contribution is 9.09. The first-order chi connectivity index (χ1) is 5.42. The minimum absolute atomic E-state index is 0.270. The lowest BCUT2D eigenvalue weighted by Crippen LogP contribution is -2.09. The molecule has 56 valence electrons. The SMILES string of the molecule is BrCC1OBc2ccccc21. The maximum absolute atomic E-state index is 5.53. The van der Waals surface area contributed by atoms with Gasteiger partial charge in [-0.2, -0.15) is 0 Å². The number of halogens is 1. The Hall–Kier alpha value is -0.275. The van der Waals surface area contributed by atoms with Crippen LogP contribution in [-0.4, -0.2) is 12.8 Å². The van der Waals surface area contributed by atoms with Gasteiger partial charge in [0.05, 0.1) is 6.10 Å². The van der Waals surface area contributed by atoms with Crippen LogP contribution in [0.1, 0.15) is 11.7 Å². The Morgan fingerprint density at radius 3 is 3.09 bits per heavy atom. The van der Waals surface area contributed by atoms with Crippen molar-refractivity contribution in [1.29, 1.82) is 0 Å². The van der Waals surface area contributed by atoms with E-state index >= 15 is 0 Å². The Morgan fingerprint density at radius 1 is 1.45 bits per heavy atom. The molecule has 1 aliphatic rings. The summed E-state index contributed by atoms with van der Waals surface area (Å²) in [5, 5.41) is 0.893. The molecule has 0 amide bonds. The van der Waals surface area contributed by atoms with Gasteiger partial charge in [-0.15, -0.1) is 0 Å². The molecule has 1 aromatic rings. The smallest absolute Gasteiger partial charge is 0.309 e. The molecule has 0 aliphatic carbocycles. The van der Waals surface area contributed by atoms with Crippen molar-refractivity contribution in [3.8, 4) is 0 Å². The van der Waals surface area contributed by atoms with Crippen molar-refractivity contribution >= 4 is 28.9 Å². The van der Waals surface area contributed by atoms with Gasteiger partial charge < -0.3 is 4.65 Å². The fraction of sp³-hybridized carbons (Fsp3) is 0.250. The summed E-state index contributed by atoms with van der Waals surface area (Å²) in [5.74, 6) is 0. The largest absolute Gasteiger partial charge is 0.427 e. The number of hydrogen-bond donors (Lipinski definition) is 0. The molecule has 0 radical (unpaired) electrons. The quantitative estimate of drug-likeness (QED) is 0.499. The number of benzene rings is 1. The first-order valence-corrected chi connectivity index (χ1v) is 4.79. The van der Waals surface area contributed by atoms with Crippen molar-refractivity contribution in [2.45, 2.75) is 6.10 Å². The second-order valence-electron chi connectivity index (χ2n) is 2.65. The van der Waals surface area contributed by atoms with Crippen molar-refractivity contribution in [2.24, 2.45) is 0 Å². The normalized spacial score (nSPS) is 21.0. The van der Waals surface area contributed by atoms with Crippen molar-refractivity contribution in [3.63, 3.8) is 0 Å². The van der Waals surface area contributed by atoms with Gasteiger partial charge in [-0.05, 0) is 11.0 Å². The fourth-order valence-corrected chi connectivity index (χ4v) is 1.92. The van der Waals surface area contributed by atoms with E-state index in [2.05, 4.69) is 40.2 Å². The second kappa shape index (κ2) is 2.99. The summed E-state index contributed by atoms with van der Waals surface area (Å²) in [7, 11) is 0.770. The van der Waals surface area contributed by atoms with Crippen LogP contribution in [0.15, 0.2) is 24.3 Å². The summed E-state index contributed by atoms with van der Waals surface area (Å²) in [4.78, 5) is 0. The highest BCUT2D eigenvalue weighted by Gasteiger charge is 2.21. The summed E-state index contributed by atoms with van der Waals surface area (Å²) in [6, 6.07) is 8.37. The topological polar surface area (TPSA) is 9.23 Å². The number of rotatable bonds is 1. The van der Waals surface area contributed by atoms with Gasteiger partial charge in [0, 0.05) is 5.33 Å². The molecule has 0 saturated heterocycles. The van der Waals surface area contributed by atoms with Crippen LogP contribution in [0.5, 0.6) is 0 Å². The monoisotopic (exact) mass is 210 g/mol. The molecule has 1 aromatic carbocycles. The Morgan fingerprint density at radius 2 is 2.27 bits per heavy atom. The fourth-order valence-electron chi connectivity index (χ4n) is 1.39. The first kappa shape index (κ1) is 7.38. The molecule has 0 N–H and O–H groups in total. The third kappa shape index (κ3) is 1.23. The van der Waals surface area contributed by atoms with Crippen LogP contribution >= 0.6 is 15.9 Å². The Bertz CT molecular complexity index is 264. The molecule has 0 bridgehead atoms. The van der Waals surface area contributed by atoms with E-state index in [0.29, 0.717) is 0 Å². The van der Waals surface area contributed by atoms with Crippen molar-refractivity contribution in [1.82, 2.24) is 0 Å². The second-order valence-corrected chi connectivity index (χ2v) is 3.30. The summed E-state index contributed by atoms with van der Waals surface area (Å²) < 4.78 is 5.53. The lowest BCUT2D eigenvalue weighted by atomic mass is 9.87. The Kier molecular flexibility index (Phi) is 2.01. The molecular formula is C8H8BBrO. The van der Waals surface area contributed by atoms with Crippen LogP contribution in [-0.2, 0) is 4.65 Å². The Balaban J connectivity index is 2.39. The maximum Gasteiger partial charge on any atom is 0.309 e. The molecule has 3 heteroatoms. The average molecular weight is 211 g/mol. The number of alkyl halides is 1. The minimum atomic E-state index is 0.270. The van der Waals surface area contributed by atoms with Gasteiger partial charge in [0.2, 0.25) is 0 Å². The van der Waals surface area contributed by atoms with Crippen LogP contribution in [0, 0.1) is 0 Å². The maximum atomic E-state index is 5.53. The van der Waals surface area contributed by atoms with Gasteiger partial charge in [0.1, 0.15) is 0 Å². The predicted octanol–water partition coefficient (Wildman–Crippen LogP) is 1.13. The zero-order valence-electron chi connectivity index (χ0n) is 6.09. The van der Waals surface area contributed by atoms with Gasteiger partial charge in [-0.25, -0.2) is 0 Å². The summed E-state index contributed by atoms with van der Waals surface area (Å²) in [5.41, 5.74) is 2.67. The van der Waals surface area contributed by atoms with Gasteiger partial charge in [-0.3, -0.25) is 0 Å². The Labute approximate surface area is 75.2 Å². The molecule has 11 heavy (non-hydrogen) atoms. The predicted molar refractivity (Wildman–Crippen MR) is 50.8 cm³/mol. The molecule has 1 aliphatic heterocycles. The third-order valence-corrected chi connectivity index (χ3v) is 2.57. The van der Waals surface area contributed by atoms with Crippen LogP contribution in [0.4, 0.5) is 0 Å². The third-order valence-electron chi connectivity index (χ3n) is 1.98. The number of hydrogen-bond acceptors (Lipinski definition) is 1. The van der Waals surface area contributed by atoms with Crippen molar-refractivity contribution in [2.75, 3.05) is 5.33 Å². The molecule has 0 fully saturated rings. The van der Waals surface area contributed by atoms with Crippen LogP contribution in [0.3, 0.4) is 0 Å². The van der Waals surface area contributed by atoms with Gasteiger partial charge in [-0.1, -0.05) is 40.2 Å². The summed E-state index contributed by atoms with van der Waals surface area (Å²) >= 11 is 3.42. The number of fused-ring (bicyclic) bond motifs is 1. The van der Waals surface area contributed by atoms with E-state index in [4.69, 9.17) is 4.65 Å². The molecule has 1 nitrogen and oxygen atoms in total. The van der Waals surface area contributed by atoms with Gasteiger partial charge in [0.15, 0.2) is 0 Å². The molecule has 0 aromatic heterocycles. The molecule has 1 atom stereocenters. The molecule has 2 rings (SSSR count). The van der Waals surface area contributed by atoms with Crippen LogP contribution < -0.4 is 5.46 Å². The highest BCUT2D eigenvalue weighted by atomic mass is 79.9. The van der Waals surface area contributed by atoms with E-state index in [1.165, 1.54) is 11.0 Å². The standard InChI is InChI=1S/C8H8BBrO/c10-5-8-6-3-1-2-4-7(6)9-11-8/h1-4,8-9H,5H2. The van der Waals surface area contributed by atoms with Crippen molar-refractivity contribution < 1.29 is 4.65 Å². The zero-order chi connectivity index (χ0) is 7.68. The van der Waals surface area contributed by atoms with E-state index in [9.17, 15) is 0 Å². The van der Waals surface area contributed by atoms with Gasteiger partial charge in [0.25, 0.3) is 0 Å². The minimum Gasteiger partial charge on any atom is -0.427 e. The van der Waals surface area contributed by atoms with E-state index < -0.39 is 0 Å². The van der Waals surface area contributed by atoms with E-state index in [-0.39, 0.29) is 6.10 Å². The molecular weight excluding hydrogens is 203 g/mol. The van der Waals surface area contributed by atoms with Crippen LogP contribution in [0.25, 0.3) is 0 Å². The lowest BCUT2D eigenvalue weighted by Gasteiger charge is -2.06. The van der Waals surface area contributed by atoms with E-state index in [1.54, 1.807) is 0 Å². The average Bonchev–Trinajstić information content (AvgIpc) is 2.47. The summed E-state index contributed by atoms with van der Waals surface area (Å²) in [6.45, 7) is 0. The van der Waals surface area contributed by atoms with Crippen LogP contribution in [0.2, 0.25) is 0 Å². The molecule has 0 spiro atoms.